The van der Waals surface area contributed by atoms with Gasteiger partial charge in [0, 0.05) is 45.5 Å². The highest BCUT2D eigenvalue weighted by atomic mass is 15.2. The molecule has 0 amide bonds. The van der Waals surface area contributed by atoms with Crippen molar-refractivity contribution in [3.8, 4) is 11.1 Å². The van der Waals surface area contributed by atoms with Crippen LogP contribution < -0.4 is 20.7 Å². The van der Waals surface area contributed by atoms with Crippen LogP contribution in [0.1, 0.15) is 101 Å². The normalized spacial score (nSPS) is 17.4. The monoisotopic (exact) mass is 868 g/mol. The Morgan fingerprint density at radius 2 is 1.07 bits per heavy atom. The summed E-state index contributed by atoms with van der Waals surface area (Å²) in [6, 6.07) is 64.4. The van der Waals surface area contributed by atoms with Crippen molar-refractivity contribution < 1.29 is 0 Å². The Morgan fingerprint density at radius 3 is 1.72 bits per heavy atom. The Kier molecular flexibility index (Phi) is 10.5. The van der Waals surface area contributed by atoms with Crippen molar-refractivity contribution in [1.29, 1.82) is 0 Å². The second-order valence-corrected chi connectivity index (χ2v) is 21.4. The molecule has 0 fully saturated rings. The van der Waals surface area contributed by atoms with E-state index in [-0.39, 0.29) is 23.5 Å². The summed E-state index contributed by atoms with van der Waals surface area (Å²) in [5, 5.41) is 0. The van der Waals surface area contributed by atoms with Gasteiger partial charge in [0.2, 0.25) is 6.71 Å². The van der Waals surface area contributed by atoms with Gasteiger partial charge in [-0.05, 0) is 141 Å². The first-order valence-corrected chi connectivity index (χ1v) is 24.5. The van der Waals surface area contributed by atoms with Gasteiger partial charge in [-0.25, -0.2) is 0 Å². The molecule has 0 radical (unpaired) electrons. The van der Waals surface area contributed by atoms with Crippen LogP contribution in [0.3, 0.4) is 0 Å². The molecule has 2 unspecified atom stereocenters. The molecule has 0 bridgehead atoms. The number of allylic oxidation sites excluding steroid dienone is 7. The van der Waals surface area contributed by atoms with E-state index in [0.717, 1.165) is 19.3 Å². The molecule has 2 nitrogen and oxygen atoms in total. The van der Waals surface area contributed by atoms with Gasteiger partial charge in [-0.1, -0.05) is 199 Å². The van der Waals surface area contributed by atoms with Crippen molar-refractivity contribution in [1.82, 2.24) is 0 Å². The fourth-order valence-electron chi connectivity index (χ4n) is 11.3. The highest BCUT2D eigenvalue weighted by Gasteiger charge is 2.47. The fourth-order valence-corrected chi connectivity index (χ4v) is 11.3. The third-order valence-corrected chi connectivity index (χ3v) is 15.1. The predicted octanol–water partition coefficient (Wildman–Crippen LogP) is 15.6. The maximum atomic E-state index is 2.62. The van der Waals surface area contributed by atoms with Crippen molar-refractivity contribution in [2.24, 2.45) is 0 Å². The SMILES string of the molecule is CC(C)(C)c1ccc(N2c3ccc(C(C)(C)C)cc3B3C4=C(C=CC(c5ccccc5)C4)N(c4ccc(-c5ccccc5)cc4)c4cc(C(C)(C5=CCCC=C5)c5ccccc5)cc2c43)cc1. The molecule has 330 valence electrons. The molecule has 0 spiro atoms. The van der Waals surface area contributed by atoms with Gasteiger partial charge < -0.3 is 9.80 Å². The van der Waals surface area contributed by atoms with E-state index in [1.54, 1.807) is 0 Å². The van der Waals surface area contributed by atoms with Crippen LogP contribution in [0.25, 0.3) is 11.1 Å². The Balaban J connectivity index is 1.24. The summed E-state index contributed by atoms with van der Waals surface area (Å²) < 4.78 is 0. The van der Waals surface area contributed by atoms with Crippen molar-refractivity contribution >= 4 is 46.1 Å². The Hall–Kier alpha value is -6.84. The molecule has 0 N–H and O–H groups in total. The number of nitrogens with zero attached hydrogens (tertiary/aromatic N) is 2. The molecule has 0 saturated heterocycles. The largest absolute Gasteiger partial charge is 0.312 e. The highest BCUT2D eigenvalue weighted by Crippen LogP contribution is 2.52. The summed E-state index contributed by atoms with van der Waals surface area (Å²) in [5.74, 6) is 0.259. The highest BCUT2D eigenvalue weighted by molar-refractivity contribution is 6.95. The summed E-state index contributed by atoms with van der Waals surface area (Å²) in [7, 11) is 0. The van der Waals surface area contributed by atoms with Crippen LogP contribution in [0, 0.1) is 0 Å². The lowest BCUT2D eigenvalue weighted by molar-refractivity contribution is 0.590. The Bertz CT molecular complexity index is 3110. The van der Waals surface area contributed by atoms with E-state index in [0.29, 0.717) is 0 Å². The lowest BCUT2D eigenvalue weighted by atomic mass is 9.31. The van der Waals surface area contributed by atoms with Crippen LogP contribution in [-0.4, -0.2) is 6.71 Å². The zero-order valence-electron chi connectivity index (χ0n) is 40.2. The van der Waals surface area contributed by atoms with Crippen molar-refractivity contribution in [3.63, 3.8) is 0 Å². The molecule has 0 aromatic heterocycles. The van der Waals surface area contributed by atoms with E-state index in [2.05, 4.69) is 259 Å². The fraction of sp³-hybridized carbons (Fsp3) is 0.219. The van der Waals surface area contributed by atoms with Gasteiger partial charge >= 0.3 is 0 Å². The summed E-state index contributed by atoms with van der Waals surface area (Å²) in [5.41, 5.74) is 21.6. The Morgan fingerprint density at radius 1 is 0.493 bits per heavy atom. The van der Waals surface area contributed by atoms with E-state index in [1.165, 1.54) is 95.0 Å². The number of benzene rings is 7. The zero-order valence-corrected chi connectivity index (χ0v) is 40.2. The second-order valence-electron chi connectivity index (χ2n) is 21.4. The van der Waals surface area contributed by atoms with Gasteiger partial charge in [0.15, 0.2) is 0 Å². The molecular weight excluding hydrogens is 808 g/mol. The summed E-state index contributed by atoms with van der Waals surface area (Å²) in [6.45, 7) is 16.5. The molecule has 2 atom stereocenters. The molecule has 0 saturated carbocycles. The van der Waals surface area contributed by atoms with E-state index < -0.39 is 5.41 Å². The summed E-state index contributed by atoms with van der Waals surface area (Å²) in [6.07, 6.45) is 15.2. The molecule has 4 aliphatic rings. The van der Waals surface area contributed by atoms with E-state index >= 15 is 0 Å². The molecule has 7 aromatic carbocycles. The smallest absolute Gasteiger partial charge is 0.247 e. The number of rotatable bonds is 7. The van der Waals surface area contributed by atoms with Crippen LogP contribution >= 0.6 is 0 Å². The van der Waals surface area contributed by atoms with Gasteiger partial charge in [0.1, 0.15) is 0 Å². The van der Waals surface area contributed by atoms with Crippen LogP contribution in [0.15, 0.2) is 217 Å². The zero-order chi connectivity index (χ0) is 46.1. The molecule has 2 aliphatic heterocycles. The second kappa shape index (κ2) is 16.5. The van der Waals surface area contributed by atoms with Crippen LogP contribution in [0.5, 0.6) is 0 Å². The third kappa shape index (κ3) is 7.44. The van der Waals surface area contributed by atoms with Gasteiger partial charge in [-0.15, -0.1) is 0 Å². The van der Waals surface area contributed by atoms with E-state index in [4.69, 9.17) is 0 Å². The quantitative estimate of drug-likeness (QED) is 0.147. The summed E-state index contributed by atoms with van der Waals surface area (Å²) in [4.78, 5) is 5.23. The molecular formula is C64H61BN2. The lowest BCUT2D eigenvalue weighted by Crippen LogP contribution is -2.57. The van der Waals surface area contributed by atoms with Crippen molar-refractivity contribution in [3.05, 3.63) is 245 Å². The molecule has 7 aromatic rings. The predicted molar refractivity (Wildman–Crippen MR) is 287 cm³/mol. The minimum absolute atomic E-state index is 0.0304. The van der Waals surface area contributed by atoms with Crippen molar-refractivity contribution in [2.75, 3.05) is 9.80 Å². The average molecular weight is 869 g/mol. The minimum Gasteiger partial charge on any atom is -0.312 e. The summed E-state index contributed by atoms with van der Waals surface area (Å²) >= 11 is 0. The molecule has 3 heteroatoms. The molecule has 67 heavy (non-hydrogen) atoms. The lowest BCUT2D eigenvalue weighted by Gasteiger charge is -2.47. The molecule has 11 rings (SSSR count). The number of fused-ring (bicyclic) bond motifs is 3. The van der Waals surface area contributed by atoms with E-state index in [1.807, 2.05) is 0 Å². The topological polar surface area (TPSA) is 6.48 Å². The Labute approximate surface area is 399 Å². The van der Waals surface area contributed by atoms with Gasteiger partial charge in [0.05, 0.1) is 0 Å². The maximum Gasteiger partial charge on any atom is 0.247 e. The van der Waals surface area contributed by atoms with Gasteiger partial charge in [-0.3, -0.25) is 0 Å². The van der Waals surface area contributed by atoms with Crippen LogP contribution in [-0.2, 0) is 16.2 Å². The number of hydrogen-bond acceptors (Lipinski definition) is 2. The van der Waals surface area contributed by atoms with Gasteiger partial charge in [0.25, 0.3) is 0 Å². The van der Waals surface area contributed by atoms with Gasteiger partial charge in [-0.2, -0.15) is 0 Å². The molecule has 2 aliphatic carbocycles. The average Bonchev–Trinajstić information content (AvgIpc) is 3.36. The first-order chi connectivity index (χ1) is 32.4. The van der Waals surface area contributed by atoms with Crippen LogP contribution in [0.4, 0.5) is 28.4 Å². The maximum absolute atomic E-state index is 2.62. The molecule has 2 heterocycles. The third-order valence-electron chi connectivity index (χ3n) is 15.1. The number of anilines is 5. The standard InChI is InChI=1S/C64H61BN2/c1-62(2,3)48-31-36-54(37-32-48)67-58-39-33-51(63(4,5)6)41-56(58)65-55-40-47(45-22-14-9-15-23-45)30-38-57(55)66(53-34-28-46(29-35-53)44-20-12-8-13-21-44)59-42-52(43-60(67)61(59)65)64(7,49-24-16-10-17-25-49)50-26-18-11-19-27-50/h8-10,12-18,20-39,41-43,47H,11,19,40H2,1-7H3. The minimum atomic E-state index is -0.435. The first kappa shape index (κ1) is 42.8. The number of hydrogen-bond donors (Lipinski definition) is 0. The van der Waals surface area contributed by atoms with E-state index in [9.17, 15) is 0 Å². The first-order valence-electron chi connectivity index (χ1n) is 24.5. The van der Waals surface area contributed by atoms with Crippen molar-refractivity contribution in [2.45, 2.75) is 89.9 Å². The van der Waals surface area contributed by atoms with Crippen LogP contribution in [0.2, 0.25) is 0 Å².